The highest BCUT2D eigenvalue weighted by Crippen LogP contribution is 2.34. The highest BCUT2D eigenvalue weighted by molar-refractivity contribution is 9.10. The zero-order chi connectivity index (χ0) is 14.5. The van der Waals surface area contributed by atoms with Crippen molar-refractivity contribution in [2.45, 2.75) is 6.92 Å². The van der Waals surface area contributed by atoms with Gasteiger partial charge in [0, 0.05) is 10.7 Å². The first-order valence-electron chi connectivity index (χ1n) is 5.60. The third-order valence-electron chi connectivity index (χ3n) is 2.49. The molecule has 2 aromatic rings. The van der Waals surface area contributed by atoms with Crippen LogP contribution < -0.4 is 10.1 Å². The Balaban J connectivity index is 2.33. The first kappa shape index (κ1) is 14.0. The number of rotatable bonds is 4. The smallest absolute Gasteiger partial charge is 0.216 e. The monoisotopic (exact) mass is 334 g/mol. The summed E-state index contributed by atoms with van der Waals surface area (Å²) in [4.78, 5) is 0. The van der Waals surface area contributed by atoms with Crippen LogP contribution in [0.1, 0.15) is 11.4 Å². The second kappa shape index (κ2) is 6.16. The van der Waals surface area contributed by atoms with Crippen molar-refractivity contribution in [2.24, 2.45) is 0 Å². The predicted octanol–water partition coefficient (Wildman–Crippen LogP) is 2.26. The lowest BCUT2D eigenvalue weighted by Gasteiger charge is -2.11. The van der Waals surface area contributed by atoms with Crippen LogP contribution in [0.4, 0.5) is 5.69 Å². The Kier molecular flexibility index (Phi) is 4.32. The summed E-state index contributed by atoms with van der Waals surface area (Å²) in [5.74, 6) is 0.890. The van der Waals surface area contributed by atoms with Gasteiger partial charge in [0.25, 0.3) is 0 Å². The van der Waals surface area contributed by atoms with Crippen molar-refractivity contribution in [3.05, 3.63) is 34.2 Å². The summed E-state index contributed by atoms with van der Waals surface area (Å²) >= 11 is 3.46. The van der Waals surface area contributed by atoms with Crippen molar-refractivity contribution >= 4 is 27.2 Å². The number of methoxy groups -OCH3 is 1. The zero-order valence-electron chi connectivity index (χ0n) is 10.8. The fraction of sp³-hybridized carbons (Fsp3) is 0.167. The number of anilines is 1. The topological polar surface area (TPSA) is 99.5 Å². The molecule has 0 bridgehead atoms. The van der Waals surface area contributed by atoms with E-state index in [2.05, 4.69) is 41.9 Å². The Morgan fingerprint density at radius 3 is 2.95 bits per heavy atom. The van der Waals surface area contributed by atoms with E-state index in [0.29, 0.717) is 11.4 Å². The predicted molar refractivity (Wildman–Crippen MR) is 76.8 cm³/mol. The summed E-state index contributed by atoms with van der Waals surface area (Å²) in [5, 5.41) is 25.3. The number of H-pyrrole nitrogens is 1. The first-order valence-corrected chi connectivity index (χ1v) is 6.39. The van der Waals surface area contributed by atoms with Crippen LogP contribution in [0.25, 0.3) is 5.57 Å². The maximum Gasteiger partial charge on any atom is 0.216 e. The molecule has 0 fully saturated rings. The van der Waals surface area contributed by atoms with E-state index >= 15 is 0 Å². The Bertz CT molecular complexity index is 674. The van der Waals surface area contributed by atoms with Gasteiger partial charge in [0.1, 0.15) is 17.4 Å². The van der Waals surface area contributed by atoms with E-state index in [1.807, 2.05) is 25.1 Å². The second-order valence-corrected chi connectivity index (χ2v) is 4.73. The molecule has 0 aliphatic heterocycles. The van der Waals surface area contributed by atoms with Gasteiger partial charge in [-0.05, 0) is 45.8 Å². The fourth-order valence-electron chi connectivity index (χ4n) is 1.58. The number of tetrazole rings is 1. The van der Waals surface area contributed by atoms with Crippen molar-refractivity contribution in [1.29, 1.82) is 5.26 Å². The minimum absolute atomic E-state index is 0.224. The van der Waals surface area contributed by atoms with Gasteiger partial charge in [-0.3, -0.25) is 0 Å². The third kappa shape index (κ3) is 2.95. The summed E-state index contributed by atoms with van der Waals surface area (Å²) < 4.78 is 6.14. The molecular weight excluding hydrogens is 324 g/mol. The van der Waals surface area contributed by atoms with E-state index in [0.717, 1.165) is 10.0 Å². The lowest BCUT2D eigenvalue weighted by Crippen LogP contribution is -1.97. The third-order valence-corrected chi connectivity index (χ3v) is 3.11. The van der Waals surface area contributed by atoms with Crippen LogP contribution in [0, 0.1) is 18.3 Å². The molecule has 8 heteroatoms. The summed E-state index contributed by atoms with van der Waals surface area (Å²) in [6.07, 6.45) is 1.50. The molecule has 2 rings (SSSR count). The minimum Gasteiger partial charge on any atom is -0.495 e. The molecule has 20 heavy (non-hydrogen) atoms. The van der Waals surface area contributed by atoms with E-state index in [-0.39, 0.29) is 11.4 Å². The molecule has 7 nitrogen and oxygen atoms in total. The average Bonchev–Trinajstić information content (AvgIpc) is 2.94. The molecule has 1 aromatic heterocycles. The van der Waals surface area contributed by atoms with Crippen LogP contribution in [-0.4, -0.2) is 27.7 Å². The fourth-order valence-corrected chi connectivity index (χ4v) is 2.25. The number of hydrogen-bond acceptors (Lipinski definition) is 6. The average molecular weight is 335 g/mol. The van der Waals surface area contributed by atoms with Crippen LogP contribution in [0.3, 0.4) is 0 Å². The summed E-state index contributed by atoms with van der Waals surface area (Å²) in [5.41, 5.74) is 2.03. The second-order valence-electron chi connectivity index (χ2n) is 3.87. The van der Waals surface area contributed by atoms with E-state index in [1.54, 1.807) is 7.11 Å². The Morgan fingerprint density at radius 1 is 1.55 bits per heavy atom. The molecule has 0 radical (unpaired) electrons. The number of aromatic amines is 1. The van der Waals surface area contributed by atoms with Gasteiger partial charge in [-0.1, -0.05) is 0 Å². The molecule has 0 amide bonds. The van der Waals surface area contributed by atoms with E-state index in [9.17, 15) is 0 Å². The molecule has 0 aliphatic carbocycles. The number of benzene rings is 1. The summed E-state index contributed by atoms with van der Waals surface area (Å²) in [6.45, 7) is 1.97. The number of ether oxygens (including phenoxy) is 1. The molecule has 102 valence electrons. The first-order chi connectivity index (χ1) is 9.65. The van der Waals surface area contributed by atoms with Gasteiger partial charge in [0.2, 0.25) is 5.82 Å². The number of nitrogens with zero attached hydrogens (tertiary/aromatic N) is 4. The van der Waals surface area contributed by atoms with Crippen molar-refractivity contribution in [3.63, 3.8) is 0 Å². The molecule has 0 aliphatic rings. The molecule has 0 spiro atoms. The molecule has 0 saturated carbocycles. The summed E-state index contributed by atoms with van der Waals surface area (Å²) in [7, 11) is 1.58. The van der Waals surface area contributed by atoms with Gasteiger partial charge in [0.05, 0.1) is 12.8 Å². The number of allylic oxidation sites excluding steroid dienone is 1. The number of nitrogens with one attached hydrogen (secondary N) is 2. The van der Waals surface area contributed by atoms with Gasteiger partial charge in [-0.15, -0.1) is 10.2 Å². The summed E-state index contributed by atoms with van der Waals surface area (Å²) in [6, 6.07) is 5.83. The lowest BCUT2D eigenvalue weighted by molar-refractivity contribution is 0.416. The van der Waals surface area contributed by atoms with Crippen molar-refractivity contribution in [2.75, 3.05) is 12.4 Å². The van der Waals surface area contributed by atoms with E-state index in [1.165, 1.54) is 6.20 Å². The van der Waals surface area contributed by atoms with Gasteiger partial charge < -0.3 is 10.1 Å². The van der Waals surface area contributed by atoms with Crippen LogP contribution in [0.2, 0.25) is 0 Å². The molecule has 2 N–H and O–H groups in total. The molecule has 0 atom stereocenters. The Hall–Kier alpha value is -2.40. The molecule has 1 heterocycles. The maximum atomic E-state index is 9.09. The number of nitriles is 1. The number of aromatic nitrogens is 4. The highest BCUT2D eigenvalue weighted by Gasteiger charge is 2.10. The largest absolute Gasteiger partial charge is 0.495 e. The van der Waals surface area contributed by atoms with Gasteiger partial charge >= 0.3 is 0 Å². The zero-order valence-corrected chi connectivity index (χ0v) is 12.4. The van der Waals surface area contributed by atoms with Crippen molar-refractivity contribution in [3.8, 4) is 11.8 Å². The molecular formula is C12H11BrN6O. The Labute approximate surface area is 123 Å². The minimum atomic E-state index is 0.224. The lowest BCUT2D eigenvalue weighted by atomic mass is 10.2. The highest BCUT2D eigenvalue weighted by atomic mass is 79.9. The number of hydrogen-bond donors (Lipinski definition) is 2. The van der Waals surface area contributed by atoms with Crippen LogP contribution in [0.15, 0.2) is 22.8 Å². The van der Waals surface area contributed by atoms with Gasteiger partial charge in [-0.2, -0.15) is 10.5 Å². The molecule has 1 aromatic carbocycles. The SMILES string of the molecule is COc1cc(C)cc(Br)c1NC=C(C#N)c1nn[nH]n1. The number of aryl methyl sites for hydroxylation is 1. The van der Waals surface area contributed by atoms with Crippen molar-refractivity contribution in [1.82, 2.24) is 20.6 Å². The standard InChI is InChI=1S/C12H11BrN6O/c1-7-3-9(13)11(10(4-7)20-2)15-6-8(5-14)12-16-18-19-17-12/h3-4,6,15H,1-2H3,(H,16,17,18,19). The molecule has 0 saturated heterocycles. The maximum absolute atomic E-state index is 9.09. The van der Waals surface area contributed by atoms with Crippen LogP contribution in [0.5, 0.6) is 5.75 Å². The van der Waals surface area contributed by atoms with Crippen LogP contribution >= 0.6 is 15.9 Å². The van der Waals surface area contributed by atoms with E-state index in [4.69, 9.17) is 10.00 Å². The normalized spacial score (nSPS) is 11.0. The van der Waals surface area contributed by atoms with Crippen LogP contribution in [-0.2, 0) is 0 Å². The quantitative estimate of drug-likeness (QED) is 0.832. The van der Waals surface area contributed by atoms with Gasteiger partial charge in [-0.25, -0.2) is 0 Å². The number of halogens is 1. The van der Waals surface area contributed by atoms with E-state index < -0.39 is 0 Å². The van der Waals surface area contributed by atoms with Gasteiger partial charge in [0.15, 0.2) is 0 Å². The Morgan fingerprint density at radius 2 is 2.35 bits per heavy atom. The molecule has 0 unspecified atom stereocenters. The van der Waals surface area contributed by atoms with Crippen molar-refractivity contribution < 1.29 is 4.74 Å².